The van der Waals surface area contributed by atoms with Gasteiger partial charge in [0.1, 0.15) is 0 Å². The summed E-state index contributed by atoms with van der Waals surface area (Å²) in [5, 5.41) is 12.3. The Labute approximate surface area is 347 Å². The molecule has 58 heavy (non-hydrogen) atoms. The predicted octanol–water partition coefficient (Wildman–Crippen LogP) is 10.1. The first kappa shape index (κ1) is 37.8. The van der Waals surface area contributed by atoms with Gasteiger partial charge in [0.2, 0.25) is 0 Å². The molecule has 0 saturated carbocycles. The van der Waals surface area contributed by atoms with Crippen LogP contribution in [0.25, 0.3) is 0 Å². The van der Waals surface area contributed by atoms with Crippen molar-refractivity contribution >= 4 is 71.5 Å². The fourth-order valence-corrected chi connectivity index (χ4v) is 15.5. The van der Waals surface area contributed by atoms with Crippen LogP contribution in [0.3, 0.4) is 0 Å². The van der Waals surface area contributed by atoms with Crippen LogP contribution in [0.4, 0.5) is 0 Å². The Bertz CT molecular complexity index is 2250. The molecule has 0 unspecified atom stereocenters. The van der Waals surface area contributed by atoms with Crippen LogP contribution < -0.4 is 47.7 Å². The van der Waals surface area contributed by atoms with Crippen LogP contribution in [0.1, 0.15) is 22.6 Å². The summed E-state index contributed by atoms with van der Waals surface area (Å²) in [6, 6.07) is 95.0. The minimum Gasteiger partial charge on any atom is -0.0622 e. The molecular formula is C55H43P3. The van der Waals surface area contributed by atoms with Crippen LogP contribution in [0.5, 0.6) is 0 Å². The van der Waals surface area contributed by atoms with Crippen LogP contribution in [0.2, 0.25) is 0 Å². The largest absolute Gasteiger partial charge is 0.0622 e. The number of rotatable bonds is 12. The summed E-state index contributed by atoms with van der Waals surface area (Å²) in [5.41, 5.74) is 4.06. The van der Waals surface area contributed by atoms with Crippen molar-refractivity contribution in [2.24, 2.45) is 0 Å². The maximum Gasteiger partial charge on any atom is 0.0359 e. The minimum absolute atomic E-state index is 0.0594. The topological polar surface area (TPSA) is 0 Å². The van der Waals surface area contributed by atoms with Crippen molar-refractivity contribution in [3.8, 4) is 0 Å². The molecule has 0 amide bonds. The Morgan fingerprint density at radius 3 is 0.569 bits per heavy atom. The van der Waals surface area contributed by atoms with E-state index in [-0.39, 0.29) is 5.92 Å². The van der Waals surface area contributed by atoms with Crippen LogP contribution in [-0.4, -0.2) is 0 Å². The second-order valence-corrected chi connectivity index (χ2v) is 20.7. The average molecular weight is 797 g/mol. The second kappa shape index (κ2) is 18.2. The molecule has 0 aliphatic heterocycles. The van der Waals surface area contributed by atoms with Crippen molar-refractivity contribution in [1.82, 2.24) is 0 Å². The molecule has 0 atom stereocenters. The van der Waals surface area contributed by atoms with Crippen LogP contribution >= 0.6 is 23.8 Å². The Morgan fingerprint density at radius 2 is 0.362 bits per heavy atom. The van der Waals surface area contributed by atoms with Crippen molar-refractivity contribution in [2.45, 2.75) is 5.92 Å². The molecule has 0 saturated heterocycles. The molecule has 278 valence electrons. The van der Waals surface area contributed by atoms with E-state index >= 15 is 0 Å². The van der Waals surface area contributed by atoms with Gasteiger partial charge in [-0.05, 0) is 88.2 Å². The Kier molecular flexibility index (Phi) is 11.9. The smallest absolute Gasteiger partial charge is 0.0359 e. The third kappa shape index (κ3) is 8.03. The quantitative estimate of drug-likeness (QED) is 0.0854. The van der Waals surface area contributed by atoms with Crippen molar-refractivity contribution < 1.29 is 0 Å². The van der Waals surface area contributed by atoms with E-state index in [0.29, 0.717) is 0 Å². The number of hydrogen-bond acceptors (Lipinski definition) is 0. The van der Waals surface area contributed by atoms with Crippen molar-refractivity contribution in [3.63, 3.8) is 0 Å². The van der Waals surface area contributed by atoms with Gasteiger partial charge in [-0.1, -0.05) is 255 Å². The molecule has 9 aromatic rings. The van der Waals surface area contributed by atoms with E-state index < -0.39 is 23.8 Å². The highest BCUT2D eigenvalue weighted by molar-refractivity contribution is 7.80. The lowest BCUT2D eigenvalue weighted by molar-refractivity contribution is 1.00. The van der Waals surface area contributed by atoms with E-state index in [1.807, 2.05) is 0 Å². The summed E-state index contributed by atoms with van der Waals surface area (Å²) >= 11 is 0. The van der Waals surface area contributed by atoms with E-state index in [2.05, 4.69) is 255 Å². The fraction of sp³-hybridized carbons (Fsp3) is 0.0182. The van der Waals surface area contributed by atoms with E-state index in [1.54, 1.807) is 0 Å². The summed E-state index contributed by atoms with van der Waals surface area (Å²) in [6.45, 7) is 0. The Hall–Kier alpha value is -5.73. The molecule has 0 aromatic heterocycles. The van der Waals surface area contributed by atoms with Crippen LogP contribution in [-0.2, 0) is 0 Å². The SMILES string of the molecule is c1ccc(P(c2ccccc2)c2ccccc2C(c2ccccc2P(c2ccccc2)c2ccccc2)c2ccccc2P(c2ccccc2)c2ccccc2)cc1. The normalized spacial score (nSPS) is 11.4. The molecule has 9 aromatic carbocycles. The zero-order chi connectivity index (χ0) is 38.9. The Morgan fingerprint density at radius 1 is 0.190 bits per heavy atom. The van der Waals surface area contributed by atoms with E-state index in [0.717, 1.165) is 0 Å². The summed E-state index contributed by atoms with van der Waals surface area (Å²) in [7, 11) is -2.68. The monoisotopic (exact) mass is 796 g/mol. The van der Waals surface area contributed by atoms with Gasteiger partial charge in [-0.2, -0.15) is 0 Å². The lowest BCUT2D eigenvalue weighted by atomic mass is 9.85. The summed E-state index contributed by atoms with van der Waals surface area (Å²) in [4.78, 5) is 0. The average Bonchev–Trinajstić information content (AvgIpc) is 3.30. The fourth-order valence-electron chi connectivity index (χ4n) is 8.05. The van der Waals surface area contributed by atoms with Crippen LogP contribution in [0.15, 0.2) is 255 Å². The van der Waals surface area contributed by atoms with Gasteiger partial charge in [-0.25, -0.2) is 0 Å². The maximum absolute atomic E-state index is 2.43. The molecule has 0 N–H and O–H groups in total. The van der Waals surface area contributed by atoms with Gasteiger partial charge >= 0.3 is 0 Å². The number of benzene rings is 9. The minimum atomic E-state index is -0.895. The third-order valence-corrected chi connectivity index (χ3v) is 18.1. The molecule has 0 bridgehead atoms. The lowest BCUT2D eigenvalue weighted by Gasteiger charge is -2.33. The van der Waals surface area contributed by atoms with Gasteiger partial charge in [0.05, 0.1) is 0 Å². The molecule has 0 radical (unpaired) electrons. The zero-order valence-corrected chi connectivity index (χ0v) is 34.9. The summed E-state index contributed by atoms with van der Waals surface area (Å²) in [5.74, 6) is -0.0594. The molecule has 0 aliphatic rings. The summed E-state index contributed by atoms with van der Waals surface area (Å²) in [6.07, 6.45) is 0. The van der Waals surface area contributed by atoms with Gasteiger partial charge in [0.25, 0.3) is 0 Å². The van der Waals surface area contributed by atoms with Crippen molar-refractivity contribution in [2.75, 3.05) is 0 Å². The van der Waals surface area contributed by atoms with E-state index in [9.17, 15) is 0 Å². The molecule has 0 heterocycles. The molecule has 0 spiro atoms. The van der Waals surface area contributed by atoms with Gasteiger partial charge in [0.15, 0.2) is 0 Å². The summed E-state index contributed by atoms with van der Waals surface area (Å²) < 4.78 is 0. The third-order valence-electron chi connectivity index (χ3n) is 10.6. The standard InChI is InChI=1S/C55H43P3/c1-7-25-43(26-8-1)56(44-27-9-2-10-28-44)52-40-22-19-37-49(52)55(50-38-20-23-41-53(50)57(45-29-11-3-12-30-45)46-31-13-4-14-32-46)51-39-21-24-42-54(51)58(47-33-15-5-16-34-47)48-35-17-6-18-36-48/h1-42,55H. The highest BCUT2D eigenvalue weighted by Crippen LogP contribution is 2.45. The first-order valence-corrected chi connectivity index (χ1v) is 23.8. The van der Waals surface area contributed by atoms with Gasteiger partial charge < -0.3 is 0 Å². The molecule has 9 rings (SSSR count). The van der Waals surface area contributed by atoms with Crippen molar-refractivity contribution in [1.29, 1.82) is 0 Å². The zero-order valence-electron chi connectivity index (χ0n) is 32.2. The molecule has 0 nitrogen and oxygen atoms in total. The maximum atomic E-state index is 2.43. The number of hydrogen-bond donors (Lipinski definition) is 0. The van der Waals surface area contributed by atoms with Crippen molar-refractivity contribution in [3.05, 3.63) is 271 Å². The highest BCUT2D eigenvalue weighted by atomic mass is 31.1. The van der Waals surface area contributed by atoms with Crippen LogP contribution in [0, 0.1) is 0 Å². The first-order valence-electron chi connectivity index (χ1n) is 19.8. The molecular weight excluding hydrogens is 754 g/mol. The van der Waals surface area contributed by atoms with Gasteiger partial charge in [-0.3, -0.25) is 0 Å². The second-order valence-electron chi connectivity index (χ2n) is 14.1. The van der Waals surface area contributed by atoms with Gasteiger partial charge in [0, 0.05) is 5.92 Å². The lowest BCUT2D eigenvalue weighted by Crippen LogP contribution is -2.31. The molecule has 0 aliphatic carbocycles. The highest BCUT2D eigenvalue weighted by Gasteiger charge is 2.32. The predicted molar refractivity (Wildman–Crippen MR) is 256 cm³/mol. The Balaban J connectivity index is 1.36. The van der Waals surface area contributed by atoms with E-state index in [1.165, 1.54) is 64.4 Å². The van der Waals surface area contributed by atoms with E-state index in [4.69, 9.17) is 0 Å². The first-order chi connectivity index (χ1) is 28.8. The van der Waals surface area contributed by atoms with Gasteiger partial charge in [-0.15, -0.1) is 0 Å². The molecule has 0 fully saturated rings. The molecule has 3 heteroatoms.